The van der Waals surface area contributed by atoms with E-state index in [1.807, 2.05) is 0 Å². The number of rotatable bonds is 5. The van der Waals surface area contributed by atoms with Crippen molar-refractivity contribution in [2.75, 3.05) is 0 Å². The van der Waals surface area contributed by atoms with Crippen molar-refractivity contribution in [1.82, 2.24) is 0 Å². The van der Waals surface area contributed by atoms with Crippen molar-refractivity contribution in [3.05, 3.63) is 175 Å². The fourth-order valence-electron chi connectivity index (χ4n) is 5.84. The standard InChI is InChI=1S/C43H31BO2Si/c1-30-14-12-20-34(28-30)47(32-16-4-2-5-17-32,33-18-6-3-7-19-33)35-21-13-15-31(29-35)36-26-27-41-42-43(36)46-40-25-11-9-23-38(40)44(42)37-22-8-10-24-39(37)45-41/h2-29H,1H3/i2D,3D,4D,5D,6D,7D,8D,9D,10D,11D,12D,13D,14D,15D,16D,17D,18D,19D,20D,21D,22D,23D,24D,25D,26D,27D,28D,29D. The van der Waals surface area contributed by atoms with Crippen molar-refractivity contribution in [2.45, 2.75) is 6.92 Å². The molecule has 222 valence electrons. The molecule has 7 aromatic rings. The van der Waals surface area contributed by atoms with Gasteiger partial charge < -0.3 is 9.47 Å². The van der Waals surface area contributed by atoms with Crippen LogP contribution in [0.5, 0.6) is 23.0 Å². The second kappa shape index (κ2) is 11.0. The maximum atomic E-state index is 10.3. The normalized spacial score (nSPS) is 21.0. The maximum absolute atomic E-state index is 10.3. The number of ether oxygens (including phenoxy) is 2. The van der Waals surface area contributed by atoms with Gasteiger partial charge in [-0.2, -0.15) is 0 Å². The summed E-state index contributed by atoms with van der Waals surface area (Å²) in [6.45, 7) is -0.681. The highest BCUT2D eigenvalue weighted by Gasteiger charge is 2.43. The minimum atomic E-state index is -6.29. The molecule has 0 unspecified atom stereocenters. The van der Waals surface area contributed by atoms with E-state index in [2.05, 4.69) is 0 Å². The molecule has 0 amide bonds. The van der Waals surface area contributed by atoms with Gasteiger partial charge in [0.1, 0.15) is 23.0 Å². The van der Waals surface area contributed by atoms with E-state index in [0.717, 1.165) is 6.92 Å². The van der Waals surface area contributed by atoms with E-state index in [1.165, 1.54) is 0 Å². The Hall–Kier alpha value is -5.58. The summed E-state index contributed by atoms with van der Waals surface area (Å²) < 4.78 is 268. The van der Waals surface area contributed by atoms with E-state index in [4.69, 9.17) is 31.4 Å². The van der Waals surface area contributed by atoms with Crippen LogP contribution in [0.1, 0.15) is 43.9 Å². The van der Waals surface area contributed by atoms with Crippen LogP contribution in [-0.2, 0) is 0 Å². The molecule has 2 heterocycles. The average Bonchev–Trinajstić information content (AvgIpc) is 3.38. The molecule has 2 aliphatic heterocycles. The van der Waals surface area contributed by atoms with Crippen LogP contribution in [0.15, 0.2) is 169 Å². The van der Waals surface area contributed by atoms with Crippen molar-refractivity contribution in [3.8, 4) is 34.1 Å². The quantitative estimate of drug-likeness (QED) is 0.175. The number of benzene rings is 7. The van der Waals surface area contributed by atoms with Gasteiger partial charge in [-0.25, -0.2) is 0 Å². The Morgan fingerprint density at radius 2 is 1.04 bits per heavy atom. The van der Waals surface area contributed by atoms with Gasteiger partial charge in [0, 0.05) is 11.0 Å². The van der Waals surface area contributed by atoms with Crippen LogP contribution in [0.25, 0.3) is 11.1 Å². The fraction of sp³-hybridized carbons (Fsp3) is 0.0233. The molecule has 0 spiro atoms. The highest BCUT2D eigenvalue weighted by atomic mass is 28.3. The Kier molecular flexibility index (Phi) is 2.65. The second-order valence-electron chi connectivity index (χ2n) is 10.3. The first kappa shape index (κ1) is 11.3. The van der Waals surface area contributed by atoms with Crippen molar-refractivity contribution in [2.24, 2.45) is 0 Å². The van der Waals surface area contributed by atoms with Crippen LogP contribution in [0.3, 0.4) is 0 Å². The zero-order valence-corrected chi connectivity index (χ0v) is 24.9. The molecule has 2 aliphatic rings. The first-order chi connectivity index (χ1) is 34.9. The highest BCUT2D eigenvalue weighted by Crippen LogP contribution is 2.40. The summed E-state index contributed by atoms with van der Waals surface area (Å²) in [6, 6.07) is -29.2. The number of fused-ring (bicyclic) bond motifs is 4. The predicted octanol–water partition coefficient (Wildman–Crippen LogP) is 5.77. The Bertz CT molecular complexity index is 3590. The summed E-state index contributed by atoms with van der Waals surface area (Å²) >= 11 is 0. The lowest BCUT2D eigenvalue weighted by atomic mass is 9.34. The zero-order valence-electron chi connectivity index (χ0n) is 51.9. The van der Waals surface area contributed by atoms with E-state index in [9.17, 15) is 16.4 Å². The molecule has 0 saturated heterocycles. The van der Waals surface area contributed by atoms with Gasteiger partial charge in [0.2, 0.25) is 0 Å². The van der Waals surface area contributed by atoms with E-state index in [-0.39, 0.29) is 0 Å². The molecule has 0 saturated carbocycles. The third-order valence-electron chi connectivity index (χ3n) is 7.78. The summed E-state index contributed by atoms with van der Waals surface area (Å²) in [7, 11) is -6.29. The number of hydrogen-bond acceptors (Lipinski definition) is 2. The molecular formula is C43H31BO2Si. The van der Waals surface area contributed by atoms with Gasteiger partial charge in [0.05, 0.1) is 38.4 Å². The predicted molar refractivity (Wildman–Crippen MR) is 198 cm³/mol. The van der Waals surface area contributed by atoms with Crippen molar-refractivity contribution in [1.29, 1.82) is 0 Å². The third-order valence-corrected chi connectivity index (χ3v) is 11.8. The van der Waals surface area contributed by atoms with E-state index < -0.39 is 261 Å². The van der Waals surface area contributed by atoms with E-state index in [0.29, 0.717) is 0 Å². The fourth-order valence-corrected chi connectivity index (χ4v) is 9.53. The molecule has 9 rings (SSSR count). The summed E-state index contributed by atoms with van der Waals surface area (Å²) in [6.07, 6.45) is 0. The molecule has 0 bridgehead atoms. The summed E-state index contributed by atoms with van der Waals surface area (Å²) in [4.78, 5) is 0. The lowest BCUT2D eigenvalue weighted by Crippen LogP contribution is -2.74. The molecule has 0 radical (unpaired) electrons. The van der Waals surface area contributed by atoms with Crippen LogP contribution in [0.2, 0.25) is 0 Å². The monoisotopic (exact) mass is 646 g/mol. The number of para-hydroxylation sites is 2. The smallest absolute Gasteiger partial charge is 0.260 e. The van der Waals surface area contributed by atoms with Gasteiger partial charge in [0.25, 0.3) is 6.71 Å². The molecule has 47 heavy (non-hydrogen) atoms. The largest absolute Gasteiger partial charge is 0.458 e. The molecule has 0 fully saturated rings. The Morgan fingerprint density at radius 1 is 0.489 bits per heavy atom. The van der Waals surface area contributed by atoms with Crippen LogP contribution in [0.4, 0.5) is 0 Å². The van der Waals surface area contributed by atoms with Gasteiger partial charge in [-0.05, 0) is 68.3 Å². The van der Waals surface area contributed by atoms with Crippen molar-refractivity contribution >= 4 is 51.9 Å². The van der Waals surface area contributed by atoms with Gasteiger partial charge >= 0.3 is 0 Å². The average molecular weight is 647 g/mol. The van der Waals surface area contributed by atoms with Crippen LogP contribution in [0, 0.1) is 6.92 Å². The summed E-state index contributed by atoms with van der Waals surface area (Å²) in [5.74, 6) is -2.79. The second-order valence-corrected chi connectivity index (χ2v) is 13.8. The Balaban J connectivity index is 1.60. The molecule has 7 aromatic carbocycles. The Morgan fingerprint density at radius 3 is 1.72 bits per heavy atom. The van der Waals surface area contributed by atoms with Gasteiger partial charge in [-0.3, -0.25) is 0 Å². The lowest BCUT2D eigenvalue weighted by Gasteiger charge is -2.35. The molecule has 0 aromatic heterocycles. The summed E-state index contributed by atoms with van der Waals surface area (Å²) in [5.41, 5.74) is -3.73. The van der Waals surface area contributed by atoms with Crippen LogP contribution in [-0.4, -0.2) is 14.8 Å². The zero-order chi connectivity index (χ0) is 55.7. The molecule has 4 heteroatoms. The topological polar surface area (TPSA) is 18.5 Å². The lowest BCUT2D eigenvalue weighted by molar-refractivity contribution is 0.465. The maximum Gasteiger partial charge on any atom is 0.260 e. The molecular weight excluding hydrogens is 587 g/mol. The van der Waals surface area contributed by atoms with Crippen molar-refractivity contribution < 1.29 is 47.9 Å². The van der Waals surface area contributed by atoms with Gasteiger partial charge in [-0.15, -0.1) is 0 Å². The molecule has 2 nitrogen and oxygen atoms in total. The first-order valence-electron chi connectivity index (χ1n) is 27.9. The Labute approximate surface area is 316 Å². The van der Waals surface area contributed by atoms with Crippen molar-refractivity contribution in [3.63, 3.8) is 0 Å². The van der Waals surface area contributed by atoms with E-state index in [1.54, 1.807) is 0 Å². The minimum absolute atomic E-state index is 0.448. The van der Waals surface area contributed by atoms with Gasteiger partial charge in [0.15, 0.2) is 8.07 Å². The third kappa shape index (κ3) is 4.33. The molecule has 0 atom stereocenters. The van der Waals surface area contributed by atoms with Crippen LogP contribution < -0.4 is 46.6 Å². The van der Waals surface area contributed by atoms with Gasteiger partial charge in [-0.1, -0.05) is 151 Å². The molecule has 0 aliphatic carbocycles. The summed E-state index contributed by atoms with van der Waals surface area (Å²) in [5, 5.41) is -4.25. The highest BCUT2D eigenvalue weighted by molar-refractivity contribution is 7.20. The minimum Gasteiger partial charge on any atom is -0.458 e. The number of hydrogen-bond donors (Lipinski definition) is 0. The van der Waals surface area contributed by atoms with E-state index >= 15 is 0 Å². The van der Waals surface area contributed by atoms with Crippen LogP contribution >= 0.6 is 0 Å². The first-order valence-corrected chi connectivity index (χ1v) is 15.9. The SMILES string of the molecule is [2H]c1c([2H])c([2H])c([Si](c2c([2H])c([2H])c([2H])c([2H])c2[2H])(c2c([2H])c([2H])c([2H])c(C)c2[2H])c2c([2H])c([2H])c([2H])c(-c3c([2H])c([2H])c4c5c3Oc3c([2H])c([2H])c([2H])c([2H])c3B5c3c([2H])c([2H])c([2H])c([2H])c3O4)c2[2H])c([2H])c1[2H]. The molecule has 0 N–H and O–H groups in total.